The Kier molecular flexibility index (Phi) is 7.56. The molecule has 0 atom stereocenters. The molecule has 0 radical (unpaired) electrons. The molecule has 5 nitrogen and oxygen atoms in total. The molecular formula is C50H36N4O. The van der Waals surface area contributed by atoms with Gasteiger partial charge in [-0.15, -0.1) is 0 Å². The second-order valence-corrected chi connectivity index (χ2v) is 14.3. The Bertz CT molecular complexity index is 2910. The van der Waals surface area contributed by atoms with Crippen LogP contribution in [0.1, 0.15) is 22.3 Å². The van der Waals surface area contributed by atoms with Crippen LogP contribution in [-0.4, -0.2) is 19.1 Å². The average Bonchev–Trinajstić information content (AvgIpc) is 3.68. The van der Waals surface area contributed by atoms with E-state index >= 15 is 0 Å². The zero-order valence-electron chi connectivity index (χ0n) is 30.5. The van der Waals surface area contributed by atoms with Crippen molar-refractivity contribution in [3.8, 4) is 56.2 Å². The van der Waals surface area contributed by atoms with Gasteiger partial charge in [0.15, 0.2) is 5.82 Å². The molecule has 0 saturated carbocycles. The first-order valence-electron chi connectivity index (χ1n) is 18.6. The van der Waals surface area contributed by atoms with E-state index < -0.39 is 5.41 Å². The van der Waals surface area contributed by atoms with E-state index in [0.717, 1.165) is 50.2 Å². The summed E-state index contributed by atoms with van der Waals surface area (Å²) in [5, 5.41) is 0. The van der Waals surface area contributed by atoms with Gasteiger partial charge in [-0.25, -0.2) is 14.8 Å². The highest BCUT2D eigenvalue weighted by Gasteiger charge is 2.46. The van der Waals surface area contributed by atoms with Crippen molar-refractivity contribution in [1.82, 2.24) is 19.1 Å². The van der Waals surface area contributed by atoms with Crippen LogP contribution < -0.4 is 5.69 Å². The van der Waals surface area contributed by atoms with Gasteiger partial charge in [0.2, 0.25) is 0 Å². The van der Waals surface area contributed by atoms with Crippen LogP contribution in [0, 0.1) is 0 Å². The highest BCUT2D eigenvalue weighted by Crippen LogP contribution is 2.56. The summed E-state index contributed by atoms with van der Waals surface area (Å²) in [7, 11) is 3.63. The number of aryl methyl sites for hydroxylation is 2. The van der Waals surface area contributed by atoms with Gasteiger partial charge in [-0.3, -0.25) is 9.13 Å². The van der Waals surface area contributed by atoms with E-state index in [0.29, 0.717) is 5.82 Å². The molecule has 5 heteroatoms. The maximum absolute atomic E-state index is 12.6. The summed E-state index contributed by atoms with van der Waals surface area (Å²) in [6, 6.07) is 64.4. The minimum atomic E-state index is -0.458. The third-order valence-electron chi connectivity index (χ3n) is 11.3. The molecule has 0 amide bonds. The van der Waals surface area contributed by atoms with Gasteiger partial charge in [0.1, 0.15) is 0 Å². The summed E-state index contributed by atoms with van der Waals surface area (Å²) in [4.78, 5) is 22.9. The average molecular weight is 709 g/mol. The van der Waals surface area contributed by atoms with Gasteiger partial charge in [0, 0.05) is 30.8 Å². The highest BCUT2D eigenvalue weighted by atomic mass is 16.1. The van der Waals surface area contributed by atoms with Crippen molar-refractivity contribution in [2.24, 2.45) is 14.1 Å². The van der Waals surface area contributed by atoms with Gasteiger partial charge >= 0.3 is 5.69 Å². The van der Waals surface area contributed by atoms with Crippen molar-refractivity contribution in [1.29, 1.82) is 0 Å². The first-order valence-corrected chi connectivity index (χ1v) is 18.6. The standard InChI is InChI=1S/C50H36N4O/c1-53-46-29-27-36(31-47(46)54(2)49(53)55)33-22-24-34(25-23-33)44-32-45(52-48(51-44)35-14-6-3-7-15-35)37-26-28-43-41(30-37)40-20-12-13-21-42(40)50(43,38-16-8-4-9-17-38)39-18-10-5-11-19-39/h3-32H,1-2H3. The maximum atomic E-state index is 12.6. The lowest BCUT2D eigenvalue weighted by molar-refractivity contribution is 0.768. The predicted molar refractivity (Wildman–Crippen MR) is 223 cm³/mol. The molecule has 0 saturated heterocycles. The van der Waals surface area contributed by atoms with Crippen LogP contribution in [0.4, 0.5) is 0 Å². The number of nitrogens with zero attached hydrogens (tertiary/aromatic N) is 4. The second-order valence-electron chi connectivity index (χ2n) is 14.3. The number of benzene rings is 7. The SMILES string of the molecule is Cn1c(=O)n(C)c2cc(-c3ccc(-c4cc(-c5ccc6c(c5)-c5ccccc5C6(c5ccccc5)c5ccccc5)nc(-c5ccccc5)n4)cc3)ccc21. The minimum Gasteiger partial charge on any atom is -0.295 e. The van der Waals surface area contributed by atoms with Gasteiger partial charge in [-0.1, -0.05) is 158 Å². The third-order valence-corrected chi connectivity index (χ3v) is 11.3. The summed E-state index contributed by atoms with van der Waals surface area (Å²) in [5.74, 6) is 0.677. The van der Waals surface area contributed by atoms with Crippen LogP contribution in [0.15, 0.2) is 187 Å². The number of aromatic nitrogens is 4. The van der Waals surface area contributed by atoms with Crippen LogP contribution in [0.3, 0.4) is 0 Å². The molecule has 9 aromatic rings. The Morgan fingerprint density at radius 1 is 0.418 bits per heavy atom. The number of rotatable bonds is 6. The molecule has 262 valence electrons. The summed E-state index contributed by atoms with van der Waals surface area (Å²) in [6.07, 6.45) is 0. The van der Waals surface area contributed by atoms with E-state index in [1.807, 2.05) is 38.4 Å². The zero-order valence-corrected chi connectivity index (χ0v) is 30.5. The fraction of sp³-hybridized carbons (Fsp3) is 0.0600. The highest BCUT2D eigenvalue weighted by molar-refractivity contribution is 5.89. The molecule has 0 unspecified atom stereocenters. The Morgan fingerprint density at radius 3 is 1.64 bits per heavy atom. The minimum absolute atomic E-state index is 0.0319. The molecule has 2 aromatic heterocycles. The number of fused-ring (bicyclic) bond motifs is 4. The zero-order chi connectivity index (χ0) is 37.1. The van der Waals surface area contributed by atoms with E-state index in [-0.39, 0.29) is 5.69 Å². The molecule has 0 spiro atoms. The number of imidazole rings is 1. The normalized spacial score (nSPS) is 12.8. The van der Waals surface area contributed by atoms with E-state index in [9.17, 15) is 4.79 Å². The molecule has 0 aliphatic heterocycles. The topological polar surface area (TPSA) is 52.7 Å². The predicted octanol–water partition coefficient (Wildman–Crippen LogP) is 10.7. The van der Waals surface area contributed by atoms with Crippen molar-refractivity contribution < 1.29 is 0 Å². The van der Waals surface area contributed by atoms with Crippen molar-refractivity contribution in [2.45, 2.75) is 5.41 Å². The van der Waals surface area contributed by atoms with Crippen LogP contribution in [0.25, 0.3) is 67.2 Å². The van der Waals surface area contributed by atoms with Crippen molar-refractivity contribution in [3.05, 3.63) is 215 Å². The third kappa shape index (κ3) is 5.12. The van der Waals surface area contributed by atoms with Crippen molar-refractivity contribution in [2.75, 3.05) is 0 Å². The summed E-state index contributed by atoms with van der Waals surface area (Å²) < 4.78 is 3.38. The Balaban J connectivity index is 1.11. The first-order chi connectivity index (χ1) is 27.0. The van der Waals surface area contributed by atoms with E-state index in [1.54, 1.807) is 9.13 Å². The molecule has 0 bridgehead atoms. The fourth-order valence-electron chi connectivity index (χ4n) is 8.59. The van der Waals surface area contributed by atoms with Crippen LogP contribution >= 0.6 is 0 Å². The van der Waals surface area contributed by atoms with Crippen molar-refractivity contribution >= 4 is 11.0 Å². The molecule has 2 heterocycles. The largest absolute Gasteiger partial charge is 0.328 e. The summed E-state index contributed by atoms with van der Waals surface area (Å²) in [6.45, 7) is 0. The summed E-state index contributed by atoms with van der Waals surface area (Å²) >= 11 is 0. The smallest absolute Gasteiger partial charge is 0.295 e. The van der Waals surface area contributed by atoms with Gasteiger partial charge < -0.3 is 0 Å². The molecule has 1 aliphatic rings. The molecule has 0 fully saturated rings. The number of hydrogen-bond donors (Lipinski definition) is 0. The fourth-order valence-corrected chi connectivity index (χ4v) is 8.59. The van der Waals surface area contributed by atoms with Crippen molar-refractivity contribution in [3.63, 3.8) is 0 Å². The lowest BCUT2D eigenvalue weighted by atomic mass is 9.67. The molecule has 0 N–H and O–H groups in total. The van der Waals surface area contributed by atoms with E-state index in [2.05, 4.69) is 158 Å². The molecular weight excluding hydrogens is 673 g/mol. The lowest BCUT2D eigenvalue weighted by Crippen LogP contribution is -2.28. The molecule has 7 aromatic carbocycles. The van der Waals surface area contributed by atoms with Gasteiger partial charge in [0.25, 0.3) is 0 Å². The van der Waals surface area contributed by atoms with E-state index in [4.69, 9.17) is 9.97 Å². The molecule has 55 heavy (non-hydrogen) atoms. The molecule has 10 rings (SSSR count). The van der Waals surface area contributed by atoms with Crippen LogP contribution in [0.2, 0.25) is 0 Å². The summed E-state index contributed by atoms with van der Waals surface area (Å²) in [5.41, 5.74) is 15.6. The Hall–Kier alpha value is -7.11. The molecule has 1 aliphatic carbocycles. The van der Waals surface area contributed by atoms with E-state index in [1.165, 1.54) is 33.4 Å². The van der Waals surface area contributed by atoms with Gasteiger partial charge in [-0.2, -0.15) is 0 Å². The first kappa shape index (κ1) is 32.5. The quantitative estimate of drug-likeness (QED) is 0.173. The lowest BCUT2D eigenvalue weighted by Gasteiger charge is -2.33. The van der Waals surface area contributed by atoms with Crippen LogP contribution in [-0.2, 0) is 19.5 Å². The van der Waals surface area contributed by atoms with Gasteiger partial charge in [0.05, 0.1) is 27.8 Å². The van der Waals surface area contributed by atoms with Crippen LogP contribution in [0.5, 0.6) is 0 Å². The number of hydrogen-bond acceptors (Lipinski definition) is 3. The Morgan fingerprint density at radius 2 is 0.945 bits per heavy atom. The van der Waals surface area contributed by atoms with Gasteiger partial charge in [-0.05, 0) is 68.8 Å². The monoisotopic (exact) mass is 708 g/mol. The maximum Gasteiger partial charge on any atom is 0.328 e. The second kappa shape index (κ2) is 12.8. The Labute approximate surface area is 319 Å².